The molecule has 194 valence electrons. The molecule has 0 saturated heterocycles. The van der Waals surface area contributed by atoms with Crippen LogP contribution in [-0.2, 0) is 7.05 Å². The van der Waals surface area contributed by atoms with Crippen molar-refractivity contribution in [2.75, 3.05) is 0 Å². The van der Waals surface area contributed by atoms with Crippen LogP contribution in [0.2, 0.25) is 0 Å². The highest BCUT2D eigenvalue weighted by Crippen LogP contribution is 2.40. The molecule has 0 radical (unpaired) electrons. The number of aryl methyl sites for hydroxylation is 2. The van der Waals surface area contributed by atoms with E-state index in [0.29, 0.717) is 0 Å². The summed E-state index contributed by atoms with van der Waals surface area (Å²) in [5.74, 6) is 1.06. The molecule has 3 aromatic heterocycles. The molecule has 6 aromatic carbocycles. The number of furan rings is 2. The Balaban J connectivity index is 1.38. The number of nitrogens with zero attached hydrogens (tertiary/aromatic N) is 2. The summed E-state index contributed by atoms with van der Waals surface area (Å²) < 4.78 is 17.7. The van der Waals surface area contributed by atoms with E-state index in [0.717, 1.165) is 77.5 Å². The van der Waals surface area contributed by atoms with Crippen molar-refractivity contribution in [1.82, 2.24) is 4.57 Å². The highest BCUT2D eigenvalue weighted by molar-refractivity contribution is 6.19. The molecule has 9 rings (SSSR count). The molecular weight excluding hydrogens is 504 g/mol. The summed E-state index contributed by atoms with van der Waals surface area (Å²) in [7, 11) is 2.14. The predicted octanol–water partition coefficient (Wildman–Crippen LogP) is 9.38. The SMILES string of the molecule is Cc1ccc2c(oc3ccccc32)c1-c1n(-c2ccc3c(c2)oc2ccc4ccccc4c23)c2ccccc2[n+]1C. The van der Waals surface area contributed by atoms with E-state index in [1.165, 1.54) is 10.8 Å². The Morgan fingerprint density at radius 2 is 1.39 bits per heavy atom. The lowest BCUT2D eigenvalue weighted by Gasteiger charge is -2.07. The summed E-state index contributed by atoms with van der Waals surface area (Å²) in [5.41, 5.74) is 9.14. The van der Waals surface area contributed by atoms with Crippen LogP contribution in [0.3, 0.4) is 0 Å². The first-order valence-electron chi connectivity index (χ1n) is 13.9. The Morgan fingerprint density at radius 3 is 2.32 bits per heavy atom. The third-order valence-electron chi connectivity index (χ3n) is 8.60. The van der Waals surface area contributed by atoms with Crippen molar-refractivity contribution in [3.05, 3.63) is 121 Å². The Kier molecular flexibility index (Phi) is 4.43. The number of hydrogen-bond donors (Lipinski definition) is 0. The second kappa shape index (κ2) is 8.09. The molecule has 0 unspecified atom stereocenters. The molecule has 3 heterocycles. The van der Waals surface area contributed by atoms with Crippen molar-refractivity contribution in [3.63, 3.8) is 0 Å². The quantitative estimate of drug-likeness (QED) is 0.209. The maximum absolute atomic E-state index is 6.57. The summed E-state index contributed by atoms with van der Waals surface area (Å²) in [5, 5.41) is 6.96. The van der Waals surface area contributed by atoms with E-state index < -0.39 is 0 Å². The highest BCUT2D eigenvalue weighted by Gasteiger charge is 2.30. The summed E-state index contributed by atoms with van der Waals surface area (Å²) in [6.45, 7) is 2.16. The van der Waals surface area contributed by atoms with E-state index in [9.17, 15) is 0 Å². The van der Waals surface area contributed by atoms with Gasteiger partial charge in [-0.15, -0.1) is 0 Å². The molecule has 0 bridgehead atoms. The van der Waals surface area contributed by atoms with Crippen molar-refractivity contribution in [3.8, 4) is 17.1 Å². The Labute approximate surface area is 235 Å². The number of hydrogen-bond acceptors (Lipinski definition) is 2. The van der Waals surface area contributed by atoms with Crippen LogP contribution in [0, 0.1) is 6.92 Å². The molecule has 4 nitrogen and oxygen atoms in total. The zero-order valence-corrected chi connectivity index (χ0v) is 22.7. The monoisotopic (exact) mass is 529 g/mol. The fourth-order valence-electron chi connectivity index (χ4n) is 6.70. The smallest absolute Gasteiger partial charge is 0.298 e. The largest absolute Gasteiger partial charge is 0.456 e. The van der Waals surface area contributed by atoms with Gasteiger partial charge in [-0.05, 0) is 59.7 Å². The van der Waals surface area contributed by atoms with Crippen LogP contribution < -0.4 is 4.57 Å². The second-order valence-corrected chi connectivity index (χ2v) is 10.9. The van der Waals surface area contributed by atoms with E-state index in [1.807, 2.05) is 12.1 Å². The normalized spacial score (nSPS) is 12.1. The molecule has 0 atom stereocenters. The minimum absolute atomic E-state index is 0.874. The van der Waals surface area contributed by atoms with Crippen LogP contribution in [0.25, 0.3) is 82.8 Å². The average Bonchev–Trinajstić information content (AvgIpc) is 3.66. The predicted molar refractivity (Wildman–Crippen MR) is 167 cm³/mol. The zero-order valence-electron chi connectivity index (χ0n) is 22.7. The average molecular weight is 530 g/mol. The van der Waals surface area contributed by atoms with Crippen LogP contribution >= 0.6 is 0 Å². The van der Waals surface area contributed by atoms with Gasteiger partial charge in [-0.2, -0.15) is 4.57 Å². The molecule has 0 N–H and O–H groups in total. The van der Waals surface area contributed by atoms with Crippen LogP contribution in [0.5, 0.6) is 0 Å². The van der Waals surface area contributed by atoms with E-state index >= 15 is 0 Å². The van der Waals surface area contributed by atoms with Gasteiger partial charge in [-0.25, -0.2) is 4.57 Å². The van der Waals surface area contributed by atoms with E-state index in [-0.39, 0.29) is 0 Å². The lowest BCUT2D eigenvalue weighted by Crippen LogP contribution is -2.30. The summed E-state index contributed by atoms with van der Waals surface area (Å²) in [4.78, 5) is 0. The number of benzene rings is 6. The minimum atomic E-state index is 0.874. The van der Waals surface area contributed by atoms with Gasteiger partial charge in [0.1, 0.15) is 28.0 Å². The summed E-state index contributed by atoms with van der Waals surface area (Å²) in [6.07, 6.45) is 0. The molecule has 0 aliphatic heterocycles. The first-order valence-corrected chi connectivity index (χ1v) is 13.9. The Bertz CT molecular complexity index is 2510. The van der Waals surface area contributed by atoms with Gasteiger partial charge in [0.2, 0.25) is 0 Å². The lowest BCUT2D eigenvalue weighted by molar-refractivity contribution is -0.633. The van der Waals surface area contributed by atoms with Gasteiger partial charge in [0.25, 0.3) is 5.82 Å². The first-order chi connectivity index (χ1) is 20.2. The number of aromatic nitrogens is 2. The van der Waals surface area contributed by atoms with E-state index in [1.54, 1.807) is 0 Å². The second-order valence-electron chi connectivity index (χ2n) is 10.9. The number of para-hydroxylation sites is 3. The molecule has 0 aliphatic carbocycles. The van der Waals surface area contributed by atoms with Gasteiger partial charge >= 0.3 is 0 Å². The highest BCUT2D eigenvalue weighted by atomic mass is 16.3. The van der Waals surface area contributed by atoms with Crippen molar-refractivity contribution >= 4 is 65.7 Å². The van der Waals surface area contributed by atoms with Crippen LogP contribution in [0.1, 0.15) is 5.56 Å². The van der Waals surface area contributed by atoms with Gasteiger partial charge in [0.15, 0.2) is 16.6 Å². The van der Waals surface area contributed by atoms with Crippen LogP contribution in [-0.4, -0.2) is 4.57 Å². The molecule has 0 fully saturated rings. The van der Waals surface area contributed by atoms with Crippen molar-refractivity contribution in [1.29, 1.82) is 0 Å². The number of rotatable bonds is 2. The maximum Gasteiger partial charge on any atom is 0.298 e. The number of fused-ring (bicyclic) bond motifs is 9. The van der Waals surface area contributed by atoms with Crippen molar-refractivity contribution in [2.45, 2.75) is 6.92 Å². The molecule has 0 amide bonds. The van der Waals surface area contributed by atoms with Crippen LogP contribution in [0.4, 0.5) is 0 Å². The van der Waals surface area contributed by atoms with Crippen molar-refractivity contribution in [2.24, 2.45) is 7.05 Å². The summed E-state index contributed by atoms with van der Waals surface area (Å²) in [6, 6.07) is 40.5. The Hall–Kier alpha value is -5.35. The van der Waals surface area contributed by atoms with Gasteiger partial charge in [-0.3, -0.25) is 0 Å². The minimum Gasteiger partial charge on any atom is -0.456 e. The zero-order chi connectivity index (χ0) is 27.2. The standard InChI is InChI=1S/C37H25N2O2/c1-22-15-18-27-26-11-5-8-14-31(26)41-36(27)34(22)37-38(2)29-12-6-7-13-30(29)39(37)24-17-19-28-33(21-24)40-32-20-16-23-9-3-4-10-25(23)35(28)32/h3-21H,1-2H3/q+1. The van der Waals surface area contributed by atoms with E-state index in [4.69, 9.17) is 8.83 Å². The third-order valence-corrected chi connectivity index (χ3v) is 8.60. The molecule has 0 saturated carbocycles. The molecule has 41 heavy (non-hydrogen) atoms. The lowest BCUT2D eigenvalue weighted by atomic mass is 10.0. The van der Waals surface area contributed by atoms with Gasteiger partial charge in [0, 0.05) is 27.6 Å². The van der Waals surface area contributed by atoms with Crippen LogP contribution in [0.15, 0.2) is 124 Å². The maximum atomic E-state index is 6.57. The number of imidazole rings is 1. The molecular formula is C37H25N2O2+. The molecule has 9 aromatic rings. The van der Waals surface area contributed by atoms with Gasteiger partial charge < -0.3 is 8.83 Å². The van der Waals surface area contributed by atoms with Crippen molar-refractivity contribution < 1.29 is 13.4 Å². The first kappa shape index (κ1) is 22.5. The Morgan fingerprint density at radius 1 is 0.610 bits per heavy atom. The fraction of sp³-hybridized carbons (Fsp3) is 0.0541. The van der Waals surface area contributed by atoms with Gasteiger partial charge in [-0.1, -0.05) is 72.8 Å². The molecule has 0 aliphatic rings. The molecule has 0 spiro atoms. The topological polar surface area (TPSA) is 35.1 Å². The third kappa shape index (κ3) is 3.02. The summed E-state index contributed by atoms with van der Waals surface area (Å²) >= 11 is 0. The van der Waals surface area contributed by atoms with Gasteiger partial charge in [0.05, 0.1) is 7.05 Å². The fourth-order valence-corrected chi connectivity index (χ4v) is 6.70. The van der Waals surface area contributed by atoms with E-state index in [2.05, 4.69) is 126 Å². The molecule has 4 heteroatoms.